The first-order chi connectivity index (χ1) is 11.8. The molecule has 25 heavy (non-hydrogen) atoms. The fraction of sp³-hybridized carbons (Fsp3) is 0.176. The average Bonchev–Trinajstić information content (AvgIpc) is 2.88. The smallest absolute Gasteiger partial charge is 0.304 e. The molecule has 1 aliphatic heterocycles. The number of hydrogen-bond acceptors (Lipinski definition) is 3. The van der Waals surface area contributed by atoms with Crippen LogP contribution in [0.25, 0.3) is 0 Å². The van der Waals surface area contributed by atoms with E-state index in [2.05, 4.69) is 10.3 Å². The summed E-state index contributed by atoms with van der Waals surface area (Å²) < 4.78 is 51.2. The quantitative estimate of drug-likeness (QED) is 0.821. The topological polar surface area (TPSA) is 41.5 Å². The highest BCUT2D eigenvalue weighted by atomic mass is 32.2. The summed E-state index contributed by atoms with van der Waals surface area (Å²) in [7, 11) is 0. The van der Waals surface area contributed by atoms with Crippen molar-refractivity contribution in [3.05, 3.63) is 65.5 Å². The fourth-order valence-electron chi connectivity index (χ4n) is 2.31. The van der Waals surface area contributed by atoms with Crippen LogP contribution in [-0.4, -0.2) is 16.3 Å². The normalized spacial score (nSPS) is 19.3. The van der Waals surface area contributed by atoms with Crippen molar-refractivity contribution in [2.45, 2.75) is 17.8 Å². The van der Waals surface area contributed by atoms with Crippen molar-refractivity contribution in [1.29, 1.82) is 0 Å². The third-order valence-electron chi connectivity index (χ3n) is 3.51. The number of hydrogen-bond donors (Lipinski definition) is 1. The fourth-order valence-corrected chi connectivity index (χ4v) is 3.34. The van der Waals surface area contributed by atoms with Crippen molar-refractivity contribution in [3.8, 4) is 0 Å². The Morgan fingerprint density at radius 2 is 1.84 bits per heavy atom. The number of nitrogens with one attached hydrogen (secondary N) is 1. The van der Waals surface area contributed by atoms with Gasteiger partial charge in [0, 0.05) is 0 Å². The van der Waals surface area contributed by atoms with Gasteiger partial charge in [-0.1, -0.05) is 30.0 Å². The molecule has 1 N–H and O–H groups in total. The molecule has 0 aliphatic carbocycles. The van der Waals surface area contributed by atoms with Crippen molar-refractivity contribution >= 4 is 28.5 Å². The molecule has 0 radical (unpaired) electrons. The Bertz CT molecular complexity index is 818. The average molecular weight is 368 g/mol. The highest BCUT2D eigenvalue weighted by Gasteiger charge is 2.33. The Morgan fingerprint density at radius 3 is 2.52 bits per heavy atom. The van der Waals surface area contributed by atoms with E-state index in [-0.39, 0.29) is 12.3 Å². The molecular weight excluding hydrogens is 356 g/mol. The van der Waals surface area contributed by atoms with Gasteiger partial charge in [-0.3, -0.25) is 4.79 Å². The second kappa shape index (κ2) is 6.87. The molecule has 0 bridgehead atoms. The van der Waals surface area contributed by atoms with Gasteiger partial charge in [-0.15, -0.1) is 0 Å². The lowest BCUT2D eigenvalue weighted by atomic mass is 10.1. The molecule has 1 atom stereocenters. The van der Waals surface area contributed by atoms with Crippen molar-refractivity contribution in [1.82, 2.24) is 5.32 Å². The molecule has 2 aromatic rings. The van der Waals surface area contributed by atoms with Crippen LogP contribution in [0.1, 0.15) is 11.1 Å². The SMILES string of the molecule is O=C1NC(=Nc2ccc(F)cc2)S[C@@H]1Cc1cccc(C(F)(F)F)c1. The Hall–Kier alpha value is -2.35. The predicted octanol–water partition coefficient (Wildman–Crippen LogP) is 4.31. The summed E-state index contributed by atoms with van der Waals surface area (Å²) in [5.74, 6) is -0.710. The molecule has 1 saturated heterocycles. The molecule has 1 heterocycles. The van der Waals surface area contributed by atoms with E-state index in [9.17, 15) is 22.4 Å². The predicted molar refractivity (Wildman–Crippen MR) is 88.2 cm³/mol. The van der Waals surface area contributed by atoms with E-state index in [0.717, 1.165) is 23.9 Å². The minimum Gasteiger partial charge on any atom is -0.304 e. The number of halogens is 4. The van der Waals surface area contributed by atoms with E-state index in [4.69, 9.17) is 0 Å². The standard InChI is InChI=1S/C17H12F4N2OS/c18-12-4-6-13(7-5-12)22-16-23-15(24)14(25-16)9-10-2-1-3-11(8-10)17(19,20)21/h1-8,14H,9H2,(H,22,23,24)/t14-/m1/s1. The van der Waals surface area contributed by atoms with Crippen molar-refractivity contribution in [2.75, 3.05) is 0 Å². The molecule has 0 spiro atoms. The number of amidine groups is 1. The number of carbonyl (C=O) groups is 1. The molecule has 1 aliphatic rings. The molecule has 130 valence electrons. The summed E-state index contributed by atoms with van der Waals surface area (Å²) in [6.07, 6.45) is -4.26. The molecule has 1 amide bonds. The molecular formula is C17H12F4N2OS. The first-order valence-corrected chi connectivity index (χ1v) is 8.17. The van der Waals surface area contributed by atoms with E-state index in [1.807, 2.05) is 0 Å². The highest BCUT2D eigenvalue weighted by Crippen LogP contribution is 2.31. The van der Waals surface area contributed by atoms with Gasteiger partial charge in [-0.25, -0.2) is 9.38 Å². The first-order valence-electron chi connectivity index (χ1n) is 7.29. The molecule has 0 unspecified atom stereocenters. The Kier molecular flexibility index (Phi) is 4.80. The molecule has 8 heteroatoms. The number of benzene rings is 2. The van der Waals surface area contributed by atoms with Gasteiger partial charge in [0.1, 0.15) is 5.82 Å². The number of alkyl halides is 3. The molecule has 1 fully saturated rings. The first kappa shape index (κ1) is 17.5. The molecule has 3 nitrogen and oxygen atoms in total. The van der Waals surface area contributed by atoms with Gasteiger partial charge < -0.3 is 5.32 Å². The largest absolute Gasteiger partial charge is 0.416 e. The summed E-state index contributed by atoms with van der Waals surface area (Å²) in [5, 5.41) is 2.36. The number of thioether (sulfide) groups is 1. The van der Waals surface area contributed by atoms with Crippen LogP contribution in [0, 0.1) is 5.82 Å². The maximum absolute atomic E-state index is 12.9. The molecule has 3 rings (SSSR count). The van der Waals surface area contributed by atoms with E-state index >= 15 is 0 Å². The zero-order chi connectivity index (χ0) is 18.0. The van der Waals surface area contributed by atoms with E-state index in [1.54, 1.807) is 6.07 Å². The van der Waals surface area contributed by atoms with Gasteiger partial charge in [-0.2, -0.15) is 13.2 Å². The monoisotopic (exact) mass is 368 g/mol. The second-order valence-electron chi connectivity index (χ2n) is 5.39. The molecule has 0 aromatic heterocycles. The summed E-state index contributed by atoms with van der Waals surface area (Å²) in [6, 6.07) is 10.4. The highest BCUT2D eigenvalue weighted by molar-refractivity contribution is 8.15. The van der Waals surface area contributed by atoms with Gasteiger partial charge in [-0.05, 0) is 42.3 Å². The van der Waals surface area contributed by atoms with Crippen molar-refractivity contribution in [3.63, 3.8) is 0 Å². The van der Waals surface area contributed by atoms with Crippen molar-refractivity contribution in [2.24, 2.45) is 4.99 Å². The summed E-state index contributed by atoms with van der Waals surface area (Å²) in [4.78, 5) is 16.2. The maximum atomic E-state index is 12.9. The van der Waals surface area contributed by atoms with Crippen LogP contribution >= 0.6 is 11.8 Å². The lowest BCUT2D eigenvalue weighted by molar-refractivity contribution is -0.137. The lowest BCUT2D eigenvalue weighted by Gasteiger charge is -2.10. The van der Waals surface area contributed by atoms with E-state index in [1.165, 1.54) is 30.3 Å². The van der Waals surface area contributed by atoms with E-state index < -0.39 is 22.8 Å². The molecule has 0 saturated carbocycles. The van der Waals surface area contributed by atoms with Crippen LogP contribution in [-0.2, 0) is 17.4 Å². The van der Waals surface area contributed by atoms with Crippen LogP contribution < -0.4 is 5.32 Å². The van der Waals surface area contributed by atoms with Crippen LogP contribution in [0.4, 0.5) is 23.2 Å². The third-order valence-corrected chi connectivity index (χ3v) is 4.59. The summed E-state index contributed by atoms with van der Waals surface area (Å²) >= 11 is 1.14. The van der Waals surface area contributed by atoms with Crippen LogP contribution in [0.15, 0.2) is 53.5 Å². The van der Waals surface area contributed by atoms with Gasteiger partial charge in [0.15, 0.2) is 5.17 Å². The van der Waals surface area contributed by atoms with Crippen LogP contribution in [0.5, 0.6) is 0 Å². The number of aliphatic imine (C=N–C) groups is 1. The minimum atomic E-state index is -4.42. The number of nitrogens with zero attached hydrogens (tertiary/aromatic N) is 1. The Morgan fingerprint density at radius 1 is 1.12 bits per heavy atom. The summed E-state index contributed by atoms with van der Waals surface area (Å²) in [6.45, 7) is 0. The van der Waals surface area contributed by atoms with Gasteiger partial charge in [0.2, 0.25) is 5.91 Å². The Labute approximate surface area is 145 Å². The van der Waals surface area contributed by atoms with Crippen LogP contribution in [0.3, 0.4) is 0 Å². The number of carbonyl (C=O) groups excluding carboxylic acids is 1. The van der Waals surface area contributed by atoms with Gasteiger partial charge >= 0.3 is 6.18 Å². The lowest BCUT2D eigenvalue weighted by Crippen LogP contribution is -2.26. The minimum absolute atomic E-state index is 0.156. The van der Waals surface area contributed by atoms with Gasteiger partial charge in [0.05, 0.1) is 16.5 Å². The van der Waals surface area contributed by atoms with E-state index in [0.29, 0.717) is 16.4 Å². The zero-order valence-electron chi connectivity index (χ0n) is 12.7. The molecule has 2 aromatic carbocycles. The third kappa shape index (κ3) is 4.39. The number of rotatable bonds is 3. The zero-order valence-corrected chi connectivity index (χ0v) is 13.5. The van der Waals surface area contributed by atoms with Gasteiger partial charge in [0.25, 0.3) is 0 Å². The maximum Gasteiger partial charge on any atom is 0.416 e. The number of amides is 1. The van der Waals surface area contributed by atoms with Crippen LogP contribution in [0.2, 0.25) is 0 Å². The second-order valence-corrected chi connectivity index (χ2v) is 6.58. The summed E-state index contributed by atoms with van der Waals surface area (Å²) in [5.41, 5.74) is 0.156. The Balaban J connectivity index is 1.72. The van der Waals surface area contributed by atoms with Crippen molar-refractivity contribution < 1.29 is 22.4 Å².